The number of hydrogen-bond acceptors (Lipinski definition) is 2. The van der Waals surface area contributed by atoms with Crippen molar-refractivity contribution in [1.82, 2.24) is 10.2 Å². The van der Waals surface area contributed by atoms with Gasteiger partial charge in [0.15, 0.2) is 0 Å². The van der Waals surface area contributed by atoms with Gasteiger partial charge in [0.05, 0.1) is 5.54 Å². The van der Waals surface area contributed by atoms with Gasteiger partial charge in [0.2, 0.25) is 5.91 Å². The Labute approximate surface area is 91.5 Å². The standard InChI is InChI=1S/C12H20N2O/c1-2-12(7-6-8-13-12)11(15)14-9-4-3-5-10-14/h3-4,13H,2,5-10H2,1H3. The van der Waals surface area contributed by atoms with E-state index in [0.717, 1.165) is 45.3 Å². The minimum absolute atomic E-state index is 0.245. The van der Waals surface area contributed by atoms with Crippen LogP contribution in [0.4, 0.5) is 0 Å². The van der Waals surface area contributed by atoms with E-state index in [2.05, 4.69) is 24.4 Å². The van der Waals surface area contributed by atoms with Crippen molar-refractivity contribution in [1.29, 1.82) is 0 Å². The molecule has 2 heterocycles. The SMILES string of the molecule is CCC1(C(=O)N2CC=CCC2)CCCN1. The predicted molar refractivity (Wildman–Crippen MR) is 60.6 cm³/mol. The van der Waals surface area contributed by atoms with Gasteiger partial charge in [-0.3, -0.25) is 4.79 Å². The molecule has 0 aromatic rings. The minimum atomic E-state index is -0.245. The summed E-state index contributed by atoms with van der Waals surface area (Å²) in [6.07, 6.45) is 8.30. The monoisotopic (exact) mass is 208 g/mol. The third kappa shape index (κ3) is 1.93. The molecule has 0 spiro atoms. The molecule has 0 radical (unpaired) electrons. The van der Waals surface area contributed by atoms with E-state index in [0.29, 0.717) is 5.91 Å². The molecule has 3 nitrogen and oxygen atoms in total. The fourth-order valence-corrected chi connectivity index (χ4v) is 2.57. The summed E-state index contributed by atoms with van der Waals surface area (Å²) < 4.78 is 0. The van der Waals surface area contributed by atoms with Gasteiger partial charge in [-0.2, -0.15) is 0 Å². The second kappa shape index (κ2) is 4.35. The minimum Gasteiger partial charge on any atom is -0.337 e. The maximum absolute atomic E-state index is 12.4. The Morgan fingerprint density at radius 3 is 2.93 bits per heavy atom. The molecule has 2 rings (SSSR count). The zero-order chi connectivity index (χ0) is 10.7. The molecule has 0 saturated carbocycles. The fraction of sp³-hybridized carbons (Fsp3) is 0.750. The average molecular weight is 208 g/mol. The Kier molecular flexibility index (Phi) is 3.10. The van der Waals surface area contributed by atoms with Gasteiger partial charge in [0, 0.05) is 13.1 Å². The number of nitrogens with zero attached hydrogens (tertiary/aromatic N) is 1. The Bertz CT molecular complexity index is 267. The van der Waals surface area contributed by atoms with Crippen molar-refractivity contribution in [2.75, 3.05) is 19.6 Å². The molecule has 0 aromatic heterocycles. The van der Waals surface area contributed by atoms with Crippen LogP contribution in [0.3, 0.4) is 0 Å². The highest BCUT2D eigenvalue weighted by molar-refractivity contribution is 5.87. The van der Waals surface area contributed by atoms with Gasteiger partial charge in [-0.1, -0.05) is 19.1 Å². The van der Waals surface area contributed by atoms with Crippen molar-refractivity contribution < 1.29 is 4.79 Å². The first-order valence-corrected chi connectivity index (χ1v) is 5.98. The second-order valence-corrected chi connectivity index (χ2v) is 4.48. The number of amides is 1. The highest BCUT2D eigenvalue weighted by Crippen LogP contribution is 2.26. The summed E-state index contributed by atoms with van der Waals surface area (Å²) in [5.41, 5.74) is -0.245. The van der Waals surface area contributed by atoms with Crippen molar-refractivity contribution in [2.24, 2.45) is 0 Å². The van der Waals surface area contributed by atoms with Crippen molar-refractivity contribution in [3.63, 3.8) is 0 Å². The fourth-order valence-electron chi connectivity index (χ4n) is 2.57. The van der Waals surface area contributed by atoms with Crippen LogP contribution in [0.1, 0.15) is 32.6 Å². The molecule has 1 fully saturated rings. The van der Waals surface area contributed by atoms with Crippen LogP contribution in [0.5, 0.6) is 0 Å². The van der Waals surface area contributed by atoms with Gasteiger partial charge in [0.1, 0.15) is 0 Å². The molecule has 1 amide bonds. The van der Waals surface area contributed by atoms with Gasteiger partial charge in [-0.05, 0) is 32.2 Å². The molecule has 3 heteroatoms. The van der Waals surface area contributed by atoms with E-state index >= 15 is 0 Å². The predicted octanol–water partition coefficient (Wildman–Crippen LogP) is 1.31. The smallest absolute Gasteiger partial charge is 0.243 e. The summed E-state index contributed by atoms with van der Waals surface area (Å²) in [5.74, 6) is 0.312. The Morgan fingerprint density at radius 2 is 2.40 bits per heavy atom. The van der Waals surface area contributed by atoms with Crippen LogP contribution in [-0.2, 0) is 4.79 Å². The molecule has 1 N–H and O–H groups in total. The topological polar surface area (TPSA) is 32.3 Å². The molecular formula is C12H20N2O. The molecule has 2 aliphatic heterocycles. The van der Waals surface area contributed by atoms with E-state index in [1.165, 1.54) is 0 Å². The van der Waals surface area contributed by atoms with E-state index in [1.54, 1.807) is 0 Å². The third-order valence-corrected chi connectivity index (χ3v) is 3.60. The number of carbonyl (C=O) groups is 1. The van der Waals surface area contributed by atoms with Crippen molar-refractivity contribution in [3.8, 4) is 0 Å². The first kappa shape index (κ1) is 10.7. The molecule has 1 saturated heterocycles. The lowest BCUT2D eigenvalue weighted by Crippen LogP contribution is -2.55. The zero-order valence-electron chi connectivity index (χ0n) is 9.46. The number of carbonyl (C=O) groups excluding carboxylic acids is 1. The van der Waals surface area contributed by atoms with Crippen molar-refractivity contribution in [2.45, 2.75) is 38.1 Å². The van der Waals surface area contributed by atoms with E-state index in [-0.39, 0.29) is 5.54 Å². The summed E-state index contributed by atoms with van der Waals surface area (Å²) in [6.45, 7) is 4.78. The van der Waals surface area contributed by atoms with Gasteiger partial charge in [0.25, 0.3) is 0 Å². The van der Waals surface area contributed by atoms with Gasteiger partial charge >= 0.3 is 0 Å². The lowest BCUT2D eigenvalue weighted by molar-refractivity contribution is -0.137. The average Bonchev–Trinajstić information content (AvgIpc) is 2.79. The van der Waals surface area contributed by atoms with Gasteiger partial charge < -0.3 is 10.2 Å². The quantitative estimate of drug-likeness (QED) is 0.694. The molecule has 0 bridgehead atoms. The second-order valence-electron chi connectivity index (χ2n) is 4.48. The van der Waals surface area contributed by atoms with Crippen molar-refractivity contribution >= 4 is 5.91 Å². The molecule has 1 unspecified atom stereocenters. The molecule has 0 aromatic carbocycles. The van der Waals surface area contributed by atoms with Gasteiger partial charge in [-0.25, -0.2) is 0 Å². The van der Waals surface area contributed by atoms with E-state index in [4.69, 9.17) is 0 Å². The van der Waals surface area contributed by atoms with E-state index < -0.39 is 0 Å². The van der Waals surface area contributed by atoms with E-state index in [9.17, 15) is 4.79 Å². The summed E-state index contributed by atoms with van der Waals surface area (Å²) in [7, 11) is 0. The first-order valence-electron chi connectivity index (χ1n) is 5.98. The molecule has 0 aliphatic carbocycles. The maximum atomic E-state index is 12.4. The van der Waals surface area contributed by atoms with Crippen molar-refractivity contribution in [3.05, 3.63) is 12.2 Å². The Balaban J connectivity index is 2.07. The maximum Gasteiger partial charge on any atom is 0.243 e. The molecule has 2 aliphatic rings. The number of nitrogens with one attached hydrogen (secondary N) is 1. The Morgan fingerprint density at radius 1 is 1.53 bits per heavy atom. The van der Waals surface area contributed by atoms with Crippen LogP contribution >= 0.6 is 0 Å². The van der Waals surface area contributed by atoms with Crippen LogP contribution in [0.2, 0.25) is 0 Å². The largest absolute Gasteiger partial charge is 0.337 e. The summed E-state index contributed by atoms with van der Waals surface area (Å²) in [6, 6.07) is 0. The first-order chi connectivity index (χ1) is 7.28. The Hall–Kier alpha value is -0.830. The normalized spacial score (nSPS) is 30.9. The van der Waals surface area contributed by atoms with Crippen LogP contribution in [0.15, 0.2) is 12.2 Å². The highest BCUT2D eigenvalue weighted by Gasteiger charge is 2.41. The number of hydrogen-bond donors (Lipinski definition) is 1. The molecule has 1 atom stereocenters. The summed E-state index contributed by atoms with van der Waals surface area (Å²) >= 11 is 0. The van der Waals surface area contributed by atoms with Gasteiger partial charge in [-0.15, -0.1) is 0 Å². The summed E-state index contributed by atoms with van der Waals surface area (Å²) in [4.78, 5) is 14.4. The van der Waals surface area contributed by atoms with Crippen LogP contribution in [0, 0.1) is 0 Å². The third-order valence-electron chi connectivity index (χ3n) is 3.60. The van der Waals surface area contributed by atoms with Crippen LogP contribution < -0.4 is 5.32 Å². The van der Waals surface area contributed by atoms with Crippen LogP contribution in [0.25, 0.3) is 0 Å². The number of rotatable bonds is 2. The summed E-state index contributed by atoms with van der Waals surface area (Å²) in [5, 5.41) is 3.40. The lowest BCUT2D eigenvalue weighted by Gasteiger charge is -2.34. The molecule has 84 valence electrons. The van der Waals surface area contributed by atoms with Crippen LogP contribution in [-0.4, -0.2) is 36.0 Å². The lowest BCUT2D eigenvalue weighted by atomic mass is 9.92. The molecule has 15 heavy (non-hydrogen) atoms. The zero-order valence-corrected chi connectivity index (χ0v) is 9.46. The van der Waals surface area contributed by atoms with E-state index in [1.807, 2.05) is 4.90 Å². The highest BCUT2D eigenvalue weighted by atomic mass is 16.2. The molecular weight excluding hydrogens is 188 g/mol.